The molecule has 1 atom stereocenters. The van der Waals surface area contributed by atoms with Crippen molar-refractivity contribution in [3.8, 4) is 0 Å². The summed E-state index contributed by atoms with van der Waals surface area (Å²) in [4.78, 5) is 24.2. The number of amides is 2. The first-order valence-corrected chi connectivity index (χ1v) is 7.07. The molecule has 2 rings (SSSR count). The zero-order valence-corrected chi connectivity index (χ0v) is 12.3. The number of hydrogen-bond donors (Lipinski definition) is 2. The third-order valence-electron chi connectivity index (χ3n) is 3.33. The van der Waals surface area contributed by atoms with Gasteiger partial charge in [-0.25, -0.2) is 0 Å². The highest BCUT2D eigenvalue weighted by atomic mass is 16.2. The second-order valence-electron chi connectivity index (χ2n) is 5.58. The van der Waals surface area contributed by atoms with Gasteiger partial charge in [-0.05, 0) is 29.2 Å². The van der Waals surface area contributed by atoms with Crippen molar-refractivity contribution in [3.05, 3.63) is 48.0 Å². The Kier molecular flexibility index (Phi) is 4.70. The van der Waals surface area contributed by atoms with Crippen LogP contribution in [-0.2, 0) is 4.79 Å². The Morgan fingerprint density at radius 3 is 2.48 bits per heavy atom. The first kappa shape index (κ1) is 15.2. The lowest BCUT2D eigenvalue weighted by molar-refractivity contribution is -0.121. The minimum atomic E-state index is -0.663. The first-order chi connectivity index (χ1) is 9.99. The highest BCUT2D eigenvalue weighted by molar-refractivity contribution is 6.12. The number of hydrogen-bond acceptors (Lipinski definition) is 3. The summed E-state index contributed by atoms with van der Waals surface area (Å²) >= 11 is 0. The SMILES string of the molecule is CC(C)C[C@H](N)C(=O)NC(=O)c1cccc2ccccc12. The molecule has 2 amide bonds. The molecule has 0 radical (unpaired) electrons. The third-order valence-corrected chi connectivity index (χ3v) is 3.33. The maximum atomic E-state index is 12.3. The minimum Gasteiger partial charge on any atom is -0.320 e. The largest absolute Gasteiger partial charge is 0.320 e. The minimum absolute atomic E-state index is 0.304. The standard InChI is InChI=1S/C17H20N2O2/c1-11(2)10-15(18)17(21)19-16(20)14-9-5-7-12-6-3-4-8-13(12)14/h3-9,11,15H,10,18H2,1-2H3,(H,19,20,21)/t15-/m0/s1. The molecule has 0 aliphatic rings. The molecule has 2 aromatic rings. The smallest absolute Gasteiger partial charge is 0.258 e. The average Bonchev–Trinajstić information content (AvgIpc) is 2.45. The van der Waals surface area contributed by atoms with Crippen LogP contribution in [0.15, 0.2) is 42.5 Å². The van der Waals surface area contributed by atoms with Crippen LogP contribution in [0.5, 0.6) is 0 Å². The van der Waals surface area contributed by atoms with E-state index in [0.717, 1.165) is 10.8 Å². The lowest BCUT2D eigenvalue weighted by atomic mass is 10.0. The Balaban J connectivity index is 2.18. The van der Waals surface area contributed by atoms with Gasteiger partial charge >= 0.3 is 0 Å². The van der Waals surface area contributed by atoms with Gasteiger partial charge in [0.05, 0.1) is 6.04 Å². The van der Waals surface area contributed by atoms with Crippen LogP contribution in [0.2, 0.25) is 0 Å². The van der Waals surface area contributed by atoms with E-state index in [9.17, 15) is 9.59 Å². The number of carbonyl (C=O) groups is 2. The lowest BCUT2D eigenvalue weighted by Crippen LogP contribution is -2.44. The third kappa shape index (κ3) is 3.67. The van der Waals surface area contributed by atoms with Crippen LogP contribution < -0.4 is 11.1 Å². The maximum absolute atomic E-state index is 12.3. The Morgan fingerprint density at radius 2 is 1.76 bits per heavy atom. The van der Waals surface area contributed by atoms with Crippen LogP contribution >= 0.6 is 0 Å². The van der Waals surface area contributed by atoms with Gasteiger partial charge in [0.1, 0.15) is 0 Å². The molecule has 0 aromatic heterocycles. The van der Waals surface area contributed by atoms with Gasteiger partial charge in [0.25, 0.3) is 5.91 Å². The zero-order valence-electron chi connectivity index (χ0n) is 12.3. The van der Waals surface area contributed by atoms with E-state index in [1.807, 2.05) is 44.2 Å². The van der Waals surface area contributed by atoms with Crippen molar-refractivity contribution in [3.63, 3.8) is 0 Å². The number of benzene rings is 2. The van der Waals surface area contributed by atoms with Crippen molar-refractivity contribution in [2.45, 2.75) is 26.3 Å². The Hall–Kier alpha value is -2.20. The highest BCUT2D eigenvalue weighted by Gasteiger charge is 2.19. The molecule has 0 saturated heterocycles. The van der Waals surface area contributed by atoms with Gasteiger partial charge in [0.2, 0.25) is 5.91 Å². The molecule has 21 heavy (non-hydrogen) atoms. The molecule has 4 heteroatoms. The summed E-state index contributed by atoms with van der Waals surface area (Å²) in [7, 11) is 0. The normalized spacial score (nSPS) is 12.4. The van der Waals surface area contributed by atoms with Crippen molar-refractivity contribution < 1.29 is 9.59 Å². The van der Waals surface area contributed by atoms with Gasteiger partial charge in [-0.2, -0.15) is 0 Å². The van der Waals surface area contributed by atoms with E-state index < -0.39 is 17.9 Å². The summed E-state index contributed by atoms with van der Waals surface area (Å²) in [6, 6.07) is 12.3. The summed E-state index contributed by atoms with van der Waals surface area (Å²) in [5.74, 6) is -0.531. The molecule has 0 fully saturated rings. The molecule has 2 aromatic carbocycles. The molecule has 3 N–H and O–H groups in total. The topological polar surface area (TPSA) is 72.2 Å². The van der Waals surface area contributed by atoms with Crippen molar-refractivity contribution in [1.82, 2.24) is 5.32 Å². The van der Waals surface area contributed by atoms with E-state index >= 15 is 0 Å². The van der Waals surface area contributed by atoms with Crippen molar-refractivity contribution in [2.24, 2.45) is 11.7 Å². The molecule has 110 valence electrons. The van der Waals surface area contributed by atoms with E-state index in [1.54, 1.807) is 12.1 Å². The van der Waals surface area contributed by atoms with Gasteiger partial charge in [-0.15, -0.1) is 0 Å². The Bertz CT molecular complexity index is 659. The van der Waals surface area contributed by atoms with Gasteiger partial charge in [0, 0.05) is 5.56 Å². The fourth-order valence-corrected chi connectivity index (χ4v) is 2.31. The van der Waals surface area contributed by atoms with Crippen LogP contribution in [0.3, 0.4) is 0 Å². The van der Waals surface area contributed by atoms with E-state index in [-0.39, 0.29) is 0 Å². The molecule has 0 spiro atoms. The quantitative estimate of drug-likeness (QED) is 0.906. The van der Waals surface area contributed by atoms with Gasteiger partial charge < -0.3 is 5.73 Å². The lowest BCUT2D eigenvalue weighted by Gasteiger charge is -2.14. The molecule has 0 bridgehead atoms. The number of carbonyl (C=O) groups excluding carboxylic acids is 2. The predicted octanol–water partition coefficient (Wildman–Crippen LogP) is 2.47. The number of imide groups is 1. The predicted molar refractivity (Wildman–Crippen MR) is 83.9 cm³/mol. The van der Waals surface area contributed by atoms with E-state index in [4.69, 9.17) is 5.73 Å². The van der Waals surface area contributed by atoms with Crippen molar-refractivity contribution >= 4 is 22.6 Å². The first-order valence-electron chi connectivity index (χ1n) is 7.07. The summed E-state index contributed by atoms with van der Waals surface area (Å²) in [6.07, 6.45) is 0.550. The molecular formula is C17H20N2O2. The van der Waals surface area contributed by atoms with Crippen LogP contribution in [-0.4, -0.2) is 17.9 Å². The molecule has 0 aliphatic heterocycles. The average molecular weight is 284 g/mol. The summed E-state index contributed by atoms with van der Waals surface area (Å²) < 4.78 is 0. The molecule has 0 saturated carbocycles. The number of fused-ring (bicyclic) bond motifs is 1. The summed E-state index contributed by atoms with van der Waals surface area (Å²) in [5.41, 5.74) is 6.28. The number of nitrogens with two attached hydrogens (primary N) is 1. The van der Waals surface area contributed by atoms with Crippen LogP contribution in [0.4, 0.5) is 0 Å². The van der Waals surface area contributed by atoms with E-state index in [2.05, 4.69) is 5.32 Å². The van der Waals surface area contributed by atoms with Crippen molar-refractivity contribution in [1.29, 1.82) is 0 Å². The Morgan fingerprint density at radius 1 is 1.10 bits per heavy atom. The summed E-state index contributed by atoms with van der Waals surface area (Å²) in [5, 5.41) is 4.17. The molecule has 4 nitrogen and oxygen atoms in total. The van der Waals surface area contributed by atoms with Crippen LogP contribution in [0, 0.1) is 5.92 Å². The van der Waals surface area contributed by atoms with Crippen molar-refractivity contribution in [2.75, 3.05) is 0 Å². The van der Waals surface area contributed by atoms with Gasteiger partial charge in [-0.1, -0.05) is 50.2 Å². The molecule has 0 aliphatic carbocycles. The Labute approximate surface area is 124 Å². The highest BCUT2D eigenvalue weighted by Crippen LogP contribution is 2.18. The van der Waals surface area contributed by atoms with Crippen LogP contribution in [0.1, 0.15) is 30.6 Å². The molecule has 0 unspecified atom stereocenters. The molecular weight excluding hydrogens is 264 g/mol. The second kappa shape index (κ2) is 6.50. The number of rotatable bonds is 4. The zero-order chi connectivity index (χ0) is 15.4. The van der Waals surface area contributed by atoms with E-state index in [0.29, 0.717) is 17.9 Å². The van der Waals surface area contributed by atoms with Gasteiger partial charge in [-0.3, -0.25) is 14.9 Å². The van der Waals surface area contributed by atoms with Gasteiger partial charge in [0.15, 0.2) is 0 Å². The monoisotopic (exact) mass is 284 g/mol. The fourth-order valence-electron chi connectivity index (χ4n) is 2.31. The number of nitrogens with one attached hydrogen (secondary N) is 1. The second-order valence-corrected chi connectivity index (χ2v) is 5.58. The fraction of sp³-hybridized carbons (Fsp3) is 0.294. The van der Waals surface area contributed by atoms with E-state index in [1.165, 1.54) is 0 Å². The summed E-state index contributed by atoms with van der Waals surface area (Å²) in [6.45, 7) is 3.97. The maximum Gasteiger partial charge on any atom is 0.258 e. The molecule has 0 heterocycles. The van der Waals surface area contributed by atoms with Crippen LogP contribution in [0.25, 0.3) is 10.8 Å².